The molecule has 1 aromatic heterocycles. The molecule has 17 heavy (non-hydrogen) atoms. The molecule has 0 amide bonds. The minimum atomic E-state index is -0.797. The minimum Gasteiger partial charge on any atom is -0.481 e. The normalized spacial score (nSPS) is 21.6. The molecule has 1 fully saturated rings. The van der Waals surface area contributed by atoms with E-state index in [2.05, 4.69) is 26.2 Å². The summed E-state index contributed by atoms with van der Waals surface area (Å²) in [5, 5.41) is 10.8. The van der Waals surface area contributed by atoms with E-state index in [4.69, 9.17) is 9.84 Å². The van der Waals surface area contributed by atoms with Gasteiger partial charge in [0.25, 0.3) is 0 Å². The van der Waals surface area contributed by atoms with Crippen LogP contribution < -0.4 is 0 Å². The van der Waals surface area contributed by atoms with Crippen molar-refractivity contribution in [2.24, 2.45) is 0 Å². The molecule has 1 unspecified atom stereocenters. The van der Waals surface area contributed by atoms with E-state index in [-0.39, 0.29) is 12.5 Å². The maximum absolute atomic E-state index is 10.6. The minimum absolute atomic E-state index is 0.0854. The van der Waals surface area contributed by atoms with Gasteiger partial charge in [-0.2, -0.15) is 0 Å². The van der Waals surface area contributed by atoms with Gasteiger partial charge in [0.15, 0.2) is 0 Å². The standard InChI is InChI=1S/C11H14BrNO3S/c12-9-1-4-17-10(9)7-13-2-3-16-8(6-13)5-11(14)15/h1,4,8H,2-3,5-7H2,(H,14,15). The number of nitrogens with zero attached hydrogens (tertiary/aromatic N) is 1. The van der Waals surface area contributed by atoms with Crippen LogP contribution in [0.15, 0.2) is 15.9 Å². The number of thiophene rings is 1. The highest BCUT2D eigenvalue weighted by atomic mass is 79.9. The molecule has 0 aromatic carbocycles. The first-order valence-electron chi connectivity index (χ1n) is 5.43. The van der Waals surface area contributed by atoms with Crippen LogP contribution in [0.3, 0.4) is 0 Å². The summed E-state index contributed by atoms with van der Waals surface area (Å²) in [5.41, 5.74) is 0. The third kappa shape index (κ3) is 3.77. The third-order valence-electron chi connectivity index (χ3n) is 2.68. The van der Waals surface area contributed by atoms with Crippen molar-refractivity contribution >= 4 is 33.2 Å². The summed E-state index contributed by atoms with van der Waals surface area (Å²) in [5.74, 6) is -0.797. The van der Waals surface area contributed by atoms with E-state index >= 15 is 0 Å². The lowest BCUT2D eigenvalue weighted by molar-refractivity contribution is -0.142. The van der Waals surface area contributed by atoms with Crippen LogP contribution in [0.2, 0.25) is 0 Å². The Bertz CT molecular complexity index is 396. The first-order valence-corrected chi connectivity index (χ1v) is 7.10. The van der Waals surface area contributed by atoms with Crippen molar-refractivity contribution in [1.29, 1.82) is 0 Å². The monoisotopic (exact) mass is 319 g/mol. The molecule has 0 bridgehead atoms. The highest BCUT2D eigenvalue weighted by Gasteiger charge is 2.23. The molecular formula is C11H14BrNO3S. The lowest BCUT2D eigenvalue weighted by Crippen LogP contribution is -2.42. The van der Waals surface area contributed by atoms with E-state index in [1.54, 1.807) is 11.3 Å². The molecule has 0 spiro atoms. The van der Waals surface area contributed by atoms with Crippen molar-refractivity contribution in [2.45, 2.75) is 19.1 Å². The van der Waals surface area contributed by atoms with E-state index in [1.807, 2.05) is 6.07 Å². The van der Waals surface area contributed by atoms with Crippen molar-refractivity contribution in [2.75, 3.05) is 19.7 Å². The lowest BCUT2D eigenvalue weighted by atomic mass is 10.2. The Labute approximate surface area is 112 Å². The van der Waals surface area contributed by atoms with Gasteiger partial charge in [-0.3, -0.25) is 9.69 Å². The summed E-state index contributed by atoms with van der Waals surface area (Å²) in [6, 6.07) is 2.04. The molecule has 1 N–H and O–H groups in total. The fraction of sp³-hybridized carbons (Fsp3) is 0.545. The highest BCUT2D eigenvalue weighted by molar-refractivity contribution is 9.10. The van der Waals surface area contributed by atoms with Crippen LogP contribution in [0, 0.1) is 0 Å². The number of hydrogen-bond donors (Lipinski definition) is 1. The lowest BCUT2D eigenvalue weighted by Gasteiger charge is -2.32. The number of halogens is 1. The van der Waals surface area contributed by atoms with Crippen LogP contribution in [-0.4, -0.2) is 41.8 Å². The Morgan fingerprint density at radius 3 is 3.18 bits per heavy atom. The number of hydrogen-bond acceptors (Lipinski definition) is 4. The highest BCUT2D eigenvalue weighted by Crippen LogP contribution is 2.25. The molecule has 94 valence electrons. The summed E-state index contributed by atoms with van der Waals surface area (Å²) < 4.78 is 6.57. The van der Waals surface area contributed by atoms with Crippen molar-refractivity contribution in [3.63, 3.8) is 0 Å². The molecular weight excluding hydrogens is 306 g/mol. The molecule has 0 saturated carbocycles. The Balaban J connectivity index is 1.89. The quantitative estimate of drug-likeness (QED) is 0.924. The second-order valence-corrected chi connectivity index (χ2v) is 5.87. The van der Waals surface area contributed by atoms with Crippen LogP contribution in [0.4, 0.5) is 0 Å². The first-order chi connectivity index (χ1) is 8.15. The number of morpholine rings is 1. The van der Waals surface area contributed by atoms with Crippen LogP contribution in [0.1, 0.15) is 11.3 Å². The Morgan fingerprint density at radius 2 is 2.53 bits per heavy atom. The number of carbonyl (C=O) groups is 1. The Hall–Kier alpha value is -0.430. The number of carboxylic acid groups (broad SMARTS) is 1. The molecule has 4 nitrogen and oxygen atoms in total. The van der Waals surface area contributed by atoms with E-state index in [0.717, 1.165) is 17.6 Å². The van der Waals surface area contributed by atoms with Crippen molar-refractivity contribution in [3.05, 3.63) is 20.8 Å². The number of rotatable bonds is 4. The van der Waals surface area contributed by atoms with Gasteiger partial charge in [0.05, 0.1) is 19.1 Å². The average Bonchev–Trinajstić information content (AvgIpc) is 2.64. The van der Waals surface area contributed by atoms with Gasteiger partial charge in [0.1, 0.15) is 0 Å². The van der Waals surface area contributed by atoms with Crippen LogP contribution in [0.25, 0.3) is 0 Å². The molecule has 1 aliphatic rings. The van der Waals surface area contributed by atoms with Crippen LogP contribution in [0.5, 0.6) is 0 Å². The van der Waals surface area contributed by atoms with Gasteiger partial charge in [-0.25, -0.2) is 0 Å². The maximum atomic E-state index is 10.6. The molecule has 1 atom stereocenters. The first kappa shape index (κ1) is 13.0. The van der Waals surface area contributed by atoms with Crippen LogP contribution in [-0.2, 0) is 16.1 Å². The predicted molar refractivity (Wildman–Crippen MR) is 69.3 cm³/mol. The zero-order chi connectivity index (χ0) is 12.3. The summed E-state index contributed by atoms with van der Waals surface area (Å²) in [6.07, 6.45) is -0.0951. The van der Waals surface area contributed by atoms with Gasteiger partial charge < -0.3 is 9.84 Å². The van der Waals surface area contributed by atoms with Gasteiger partial charge in [0.2, 0.25) is 0 Å². The van der Waals surface area contributed by atoms with Gasteiger partial charge in [-0.05, 0) is 27.4 Å². The third-order valence-corrected chi connectivity index (χ3v) is 4.59. The molecule has 0 radical (unpaired) electrons. The fourth-order valence-electron chi connectivity index (χ4n) is 1.88. The van der Waals surface area contributed by atoms with Crippen LogP contribution >= 0.6 is 27.3 Å². The Morgan fingerprint density at radius 1 is 1.71 bits per heavy atom. The summed E-state index contributed by atoms with van der Waals surface area (Å²) >= 11 is 5.22. The smallest absolute Gasteiger partial charge is 0.306 e. The molecule has 1 aromatic rings. The van der Waals surface area contributed by atoms with Gasteiger partial charge in [-0.1, -0.05) is 0 Å². The summed E-state index contributed by atoms with van der Waals surface area (Å²) in [4.78, 5) is 14.2. The maximum Gasteiger partial charge on any atom is 0.306 e. The van der Waals surface area contributed by atoms with Crippen molar-refractivity contribution in [1.82, 2.24) is 4.90 Å². The number of carboxylic acids is 1. The molecule has 0 aliphatic carbocycles. The zero-order valence-corrected chi connectivity index (χ0v) is 11.7. The van der Waals surface area contributed by atoms with Gasteiger partial charge >= 0.3 is 5.97 Å². The number of aliphatic carboxylic acids is 1. The van der Waals surface area contributed by atoms with Gasteiger partial charge in [0, 0.05) is 29.0 Å². The van der Waals surface area contributed by atoms with Gasteiger partial charge in [-0.15, -0.1) is 11.3 Å². The molecule has 2 rings (SSSR count). The van der Waals surface area contributed by atoms with E-state index in [9.17, 15) is 4.79 Å². The molecule has 2 heterocycles. The number of ether oxygens (including phenoxy) is 1. The summed E-state index contributed by atoms with van der Waals surface area (Å²) in [7, 11) is 0. The average molecular weight is 320 g/mol. The topological polar surface area (TPSA) is 49.8 Å². The summed E-state index contributed by atoms with van der Waals surface area (Å²) in [6.45, 7) is 3.02. The van der Waals surface area contributed by atoms with Crippen molar-refractivity contribution in [3.8, 4) is 0 Å². The SMILES string of the molecule is O=C(O)CC1CN(Cc2sccc2Br)CCO1. The zero-order valence-electron chi connectivity index (χ0n) is 9.26. The molecule has 6 heteroatoms. The predicted octanol–water partition coefficient (Wildman–Crippen LogP) is 2.19. The van der Waals surface area contributed by atoms with E-state index < -0.39 is 5.97 Å². The fourth-order valence-corrected chi connectivity index (χ4v) is 3.40. The van der Waals surface area contributed by atoms with E-state index in [0.29, 0.717) is 13.2 Å². The van der Waals surface area contributed by atoms with E-state index in [1.165, 1.54) is 4.88 Å². The second kappa shape index (κ2) is 5.95. The molecule has 1 aliphatic heterocycles. The molecule has 1 saturated heterocycles. The Kier molecular flexibility index (Phi) is 4.55. The van der Waals surface area contributed by atoms with Crippen molar-refractivity contribution < 1.29 is 14.6 Å². The largest absolute Gasteiger partial charge is 0.481 e. The second-order valence-electron chi connectivity index (χ2n) is 4.02.